The van der Waals surface area contributed by atoms with Gasteiger partial charge in [-0.25, -0.2) is 0 Å². The number of hydrogen-bond acceptors (Lipinski definition) is 4. The summed E-state index contributed by atoms with van der Waals surface area (Å²) >= 11 is 0. The van der Waals surface area contributed by atoms with Crippen LogP contribution in [0.15, 0.2) is 30.3 Å². The van der Waals surface area contributed by atoms with Crippen LogP contribution in [-0.4, -0.2) is 38.4 Å². The Morgan fingerprint density at radius 1 is 1.03 bits per heavy atom. The van der Waals surface area contributed by atoms with E-state index in [1.54, 1.807) is 0 Å². The second kappa shape index (κ2) is 11.5. The van der Waals surface area contributed by atoms with E-state index in [0.717, 1.165) is 48.4 Å². The van der Waals surface area contributed by atoms with E-state index in [-0.39, 0.29) is 24.5 Å². The van der Waals surface area contributed by atoms with E-state index < -0.39 is 12.8 Å². The number of nitrogens with one attached hydrogen (secondary N) is 1. The summed E-state index contributed by atoms with van der Waals surface area (Å²) in [7, 11) is 0. The summed E-state index contributed by atoms with van der Waals surface area (Å²) in [6.07, 6.45) is -2.00. The van der Waals surface area contributed by atoms with Crippen LogP contribution in [0, 0.1) is 19.3 Å². The number of carbonyl (C=O) groups is 1. The number of anilines is 2. The largest absolute Gasteiger partial charge is 0.491 e. The lowest BCUT2D eigenvalue weighted by Crippen LogP contribution is -2.23. The molecule has 0 unspecified atom stereocenters. The third-order valence-electron chi connectivity index (χ3n) is 6.01. The van der Waals surface area contributed by atoms with Gasteiger partial charge >= 0.3 is 6.18 Å². The van der Waals surface area contributed by atoms with Crippen molar-refractivity contribution in [1.82, 2.24) is 0 Å². The summed E-state index contributed by atoms with van der Waals surface area (Å²) in [5.74, 6) is 0.662. The van der Waals surface area contributed by atoms with E-state index >= 15 is 0 Å². The SMILES string of the molecule is Cc1cc(N2CCCc3cc(OCCOCC(F)(F)F)ccc3C2)cc(C)c1NC(=O)CC(C)(C)C. The zero-order valence-corrected chi connectivity index (χ0v) is 21.8. The van der Waals surface area contributed by atoms with Crippen LogP contribution >= 0.6 is 0 Å². The highest BCUT2D eigenvalue weighted by Gasteiger charge is 2.27. The van der Waals surface area contributed by atoms with Crippen molar-refractivity contribution in [2.24, 2.45) is 5.41 Å². The summed E-state index contributed by atoms with van der Waals surface area (Å²) in [6, 6.07) is 10.1. The summed E-state index contributed by atoms with van der Waals surface area (Å²) < 4.78 is 46.7. The minimum atomic E-state index is -4.33. The molecule has 2 aromatic carbocycles. The maximum Gasteiger partial charge on any atom is 0.411 e. The average Bonchev–Trinajstić information content (AvgIpc) is 2.96. The van der Waals surface area contributed by atoms with E-state index in [4.69, 9.17) is 4.74 Å². The molecule has 1 aliphatic rings. The number of aryl methyl sites for hydroxylation is 3. The molecular weight excluding hydrogens is 469 g/mol. The van der Waals surface area contributed by atoms with Gasteiger partial charge in [-0.15, -0.1) is 0 Å². The fourth-order valence-corrected chi connectivity index (χ4v) is 4.44. The molecule has 1 heterocycles. The van der Waals surface area contributed by atoms with Crippen molar-refractivity contribution in [3.8, 4) is 5.75 Å². The highest BCUT2D eigenvalue weighted by Crippen LogP contribution is 2.32. The first-order valence-corrected chi connectivity index (χ1v) is 12.4. The molecule has 1 aliphatic heterocycles. The Morgan fingerprint density at radius 2 is 1.72 bits per heavy atom. The van der Waals surface area contributed by atoms with Crippen LogP contribution in [0.3, 0.4) is 0 Å². The number of hydrogen-bond donors (Lipinski definition) is 1. The van der Waals surface area contributed by atoms with Gasteiger partial charge in [0, 0.05) is 30.9 Å². The van der Waals surface area contributed by atoms with Crippen molar-refractivity contribution in [2.75, 3.05) is 36.6 Å². The van der Waals surface area contributed by atoms with E-state index in [1.165, 1.54) is 11.1 Å². The van der Waals surface area contributed by atoms with Crippen molar-refractivity contribution in [3.05, 3.63) is 52.6 Å². The maximum absolute atomic E-state index is 12.5. The molecule has 0 saturated carbocycles. The molecule has 1 N–H and O–H groups in total. The molecule has 2 aromatic rings. The summed E-state index contributed by atoms with van der Waals surface area (Å²) in [5, 5.41) is 3.10. The lowest BCUT2D eigenvalue weighted by Gasteiger charge is -2.26. The van der Waals surface area contributed by atoms with Crippen LogP contribution in [0.2, 0.25) is 0 Å². The summed E-state index contributed by atoms with van der Waals surface area (Å²) in [5.41, 5.74) is 6.38. The molecule has 5 nitrogen and oxygen atoms in total. The smallest absolute Gasteiger partial charge is 0.411 e. The molecule has 36 heavy (non-hydrogen) atoms. The molecule has 1 amide bonds. The fraction of sp³-hybridized carbons (Fsp3) is 0.536. The van der Waals surface area contributed by atoms with Gasteiger partial charge in [-0.2, -0.15) is 13.2 Å². The molecule has 0 bridgehead atoms. The summed E-state index contributed by atoms with van der Waals surface area (Å²) in [4.78, 5) is 14.8. The first kappa shape index (κ1) is 27.8. The zero-order valence-electron chi connectivity index (χ0n) is 21.8. The van der Waals surface area contributed by atoms with Gasteiger partial charge in [-0.3, -0.25) is 4.79 Å². The van der Waals surface area contributed by atoms with Crippen molar-refractivity contribution in [3.63, 3.8) is 0 Å². The van der Waals surface area contributed by atoms with Crippen LogP contribution in [-0.2, 0) is 22.5 Å². The number of fused-ring (bicyclic) bond motifs is 1. The quantitative estimate of drug-likeness (QED) is 0.411. The minimum Gasteiger partial charge on any atom is -0.491 e. The van der Waals surface area contributed by atoms with Crippen LogP contribution in [0.1, 0.15) is 55.9 Å². The third-order valence-corrected chi connectivity index (χ3v) is 6.01. The molecule has 8 heteroatoms. The lowest BCUT2D eigenvalue weighted by atomic mass is 9.92. The number of benzene rings is 2. The summed E-state index contributed by atoms with van der Waals surface area (Å²) in [6.45, 7) is 10.5. The van der Waals surface area contributed by atoms with Gasteiger partial charge in [0.25, 0.3) is 0 Å². The first-order valence-electron chi connectivity index (χ1n) is 12.4. The Bertz CT molecular complexity index is 1040. The van der Waals surface area contributed by atoms with Gasteiger partial charge in [0.15, 0.2) is 0 Å². The molecular formula is C28H37F3N2O3. The number of nitrogens with zero attached hydrogens (tertiary/aromatic N) is 1. The van der Waals surface area contributed by atoms with Gasteiger partial charge in [0.05, 0.1) is 6.61 Å². The monoisotopic (exact) mass is 506 g/mol. The maximum atomic E-state index is 12.5. The van der Waals surface area contributed by atoms with E-state index in [0.29, 0.717) is 12.2 Å². The van der Waals surface area contributed by atoms with Gasteiger partial charge in [-0.1, -0.05) is 26.8 Å². The van der Waals surface area contributed by atoms with Gasteiger partial charge in [-0.05, 0) is 78.6 Å². The predicted molar refractivity (Wildman–Crippen MR) is 137 cm³/mol. The van der Waals surface area contributed by atoms with Crippen molar-refractivity contribution >= 4 is 17.3 Å². The molecule has 0 saturated heterocycles. The zero-order chi connectivity index (χ0) is 26.5. The van der Waals surface area contributed by atoms with Crippen LogP contribution < -0.4 is 15.0 Å². The number of ether oxygens (including phenoxy) is 2. The van der Waals surface area contributed by atoms with Gasteiger partial charge in [0.1, 0.15) is 19.0 Å². The Morgan fingerprint density at radius 3 is 2.36 bits per heavy atom. The third kappa shape index (κ3) is 8.43. The molecule has 0 radical (unpaired) electrons. The molecule has 0 aliphatic carbocycles. The minimum absolute atomic E-state index is 0.0232. The van der Waals surface area contributed by atoms with Gasteiger partial charge < -0.3 is 19.7 Å². The molecule has 0 spiro atoms. The Kier molecular flexibility index (Phi) is 8.93. The highest BCUT2D eigenvalue weighted by atomic mass is 19.4. The number of rotatable bonds is 8. The molecule has 3 rings (SSSR count). The normalized spacial score (nSPS) is 14.3. The van der Waals surface area contributed by atoms with E-state index in [1.807, 2.05) is 32.0 Å². The number of carbonyl (C=O) groups excluding carboxylic acids is 1. The van der Waals surface area contributed by atoms with E-state index in [2.05, 4.69) is 47.9 Å². The molecule has 0 fully saturated rings. The first-order chi connectivity index (χ1) is 16.8. The topological polar surface area (TPSA) is 50.8 Å². The predicted octanol–water partition coefficient (Wildman–Crippen LogP) is 6.59. The van der Waals surface area contributed by atoms with Crippen molar-refractivity contribution in [1.29, 1.82) is 0 Å². The standard InChI is InChI=1S/C28H37F3N2O3/c1-19-13-23(14-20(2)26(19)32-25(34)16-27(3,4)5)33-10-6-7-21-15-24(9-8-22(21)17-33)36-12-11-35-18-28(29,30)31/h8-9,13-15H,6-7,10-12,16-18H2,1-5H3,(H,32,34). The molecule has 198 valence electrons. The van der Waals surface area contributed by atoms with E-state index in [9.17, 15) is 18.0 Å². The van der Waals surface area contributed by atoms with Crippen molar-refractivity contribution < 1.29 is 27.4 Å². The second-order valence-corrected chi connectivity index (χ2v) is 10.7. The van der Waals surface area contributed by atoms with Crippen LogP contribution in [0.4, 0.5) is 24.5 Å². The Balaban J connectivity index is 1.65. The molecule has 0 atom stereocenters. The Hall–Kier alpha value is -2.74. The average molecular weight is 507 g/mol. The fourth-order valence-electron chi connectivity index (χ4n) is 4.44. The van der Waals surface area contributed by atoms with Gasteiger partial charge in [0.2, 0.25) is 5.91 Å². The van der Waals surface area contributed by atoms with Crippen LogP contribution in [0.5, 0.6) is 5.75 Å². The number of alkyl halides is 3. The highest BCUT2D eigenvalue weighted by molar-refractivity contribution is 5.93. The lowest BCUT2D eigenvalue weighted by molar-refractivity contribution is -0.175. The molecule has 0 aromatic heterocycles. The number of amides is 1. The second-order valence-electron chi connectivity index (χ2n) is 10.7. The Labute approximate surface area is 212 Å². The van der Waals surface area contributed by atoms with Crippen LogP contribution in [0.25, 0.3) is 0 Å². The van der Waals surface area contributed by atoms with Crippen molar-refractivity contribution in [2.45, 2.75) is 66.6 Å². The number of halogens is 3.